The van der Waals surface area contributed by atoms with Crippen molar-refractivity contribution >= 4 is 32.7 Å². The normalized spacial score (nSPS) is 22.9. The number of aromatic nitrogens is 1. The van der Waals surface area contributed by atoms with Gasteiger partial charge in [-0.15, -0.1) is 9.24 Å². The van der Waals surface area contributed by atoms with E-state index in [1.165, 1.54) is 12.1 Å². The lowest BCUT2D eigenvalue weighted by Gasteiger charge is -2.59. The highest BCUT2D eigenvalue weighted by molar-refractivity contribution is 7.19. The molecule has 5 rings (SSSR count). The summed E-state index contributed by atoms with van der Waals surface area (Å²) in [6.45, 7) is 9.72. The monoisotopic (exact) mass is 481 g/mol. The van der Waals surface area contributed by atoms with Crippen LogP contribution in [-0.2, 0) is 4.79 Å². The van der Waals surface area contributed by atoms with Crippen LogP contribution in [0.25, 0.3) is 11.1 Å². The number of halogens is 1. The number of carbonyl (C=O) groups is 2. The minimum absolute atomic E-state index is 0.0294. The number of rotatable bonds is 4. The molecule has 34 heavy (non-hydrogen) atoms. The summed E-state index contributed by atoms with van der Waals surface area (Å²) in [5.74, 6) is 0.230. The Morgan fingerprint density at radius 3 is 2.47 bits per heavy atom. The lowest BCUT2D eigenvalue weighted by atomic mass is 9.73. The molecule has 2 unspecified atom stereocenters. The molecule has 3 saturated heterocycles. The Morgan fingerprint density at radius 2 is 1.82 bits per heavy atom. The molecule has 7 nitrogen and oxygen atoms in total. The highest BCUT2D eigenvalue weighted by Gasteiger charge is 2.54. The number of carbonyl (C=O) groups excluding carboxylic acids is 2. The summed E-state index contributed by atoms with van der Waals surface area (Å²) in [6.07, 6.45) is 3.97. The molecule has 9 heteroatoms. The van der Waals surface area contributed by atoms with Crippen molar-refractivity contribution in [3.63, 3.8) is 0 Å². The Hall–Kier alpha value is -2.99. The predicted molar refractivity (Wildman–Crippen MR) is 134 cm³/mol. The van der Waals surface area contributed by atoms with Crippen molar-refractivity contribution in [2.24, 2.45) is 5.41 Å². The van der Waals surface area contributed by atoms with E-state index in [1.54, 1.807) is 40.3 Å². The lowest BCUT2D eigenvalue weighted by molar-refractivity contribution is -0.148. The van der Waals surface area contributed by atoms with Crippen molar-refractivity contribution in [1.29, 1.82) is 0 Å². The molecule has 3 aliphatic rings. The highest BCUT2D eigenvalue weighted by Crippen LogP contribution is 2.42. The number of pyridine rings is 1. The lowest BCUT2D eigenvalue weighted by Crippen LogP contribution is -2.73. The number of urea groups is 1. The minimum atomic E-state index is -0.350. The van der Waals surface area contributed by atoms with Gasteiger partial charge in [0, 0.05) is 67.2 Å². The van der Waals surface area contributed by atoms with Crippen LogP contribution in [0, 0.1) is 11.2 Å². The fourth-order valence-corrected chi connectivity index (χ4v) is 5.57. The van der Waals surface area contributed by atoms with Crippen molar-refractivity contribution in [3.05, 3.63) is 55.0 Å². The number of nitrogens with zero attached hydrogens (tertiary/aromatic N) is 4. The highest BCUT2D eigenvalue weighted by atomic mass is 31.0. The fraction of sp³-hybridized carbons (Fsp3) is 0.400. The van der Waals surface area contributed by atoms with Crippen LogP contribution < -0.4 is 10.2 Å². The molecule has 1 aromatic heterocycles. The number of benzene rings is 1. The van der Waals surface area contributed by atoms with Gasteiger partial charge in [-0.2, -0.15) is 0 Å². The summed E-state index contributed by atoms with van der Waals surface area (Å²) in [5, 5.41) is 3.11. The first kappa shape index (κ1) is 22.8. The van der Waals surface area contributed by atoms with Crippen LogP contribution >= 0.6 is 9.24 Å². The first-order valence-electron chi connectivity index (χ1n) is 11.5. The van der Waals surface area contributed by atoms with Crippen LogP contribution in [-0.4, -0.2) is 71.1 Å². The summed E-state index contributed by atoms with van der Waals surface area (Å²) in [5.41, 5.74) is 1.53. The largest absolute Gasteiger partial charge is 0.354 e. The number of likely N-dealkylation sites (tertiary alicyclic amines) is 2. The summed E-state index contributed by atoms with van der Waals surface area (Å²) in [4.78, 5) is 35.2. The Bertz CT molecular complexity index is 1160. The maximum atomic E-state index is 14.7. The van der Waals surface area contributed by atoms with Gasteiger partial charge in [0.1, 0.15) is 5.82 Å². The molecule has 3 fully saturated rings. The number of hydrogen-bond acceptors (Lipinski definition) is 4. The van der Waals surface area contributed by atoms with Gasteiger partial charge in [0.15, 0.2) is 5.82 Å². The molecule has 1 spiro atoms. The van der Waals surface area contributed by atoms with E-state index in [2.05, 4.69) is 37.9 Å². The van der Waals surface area contributed by atoms with Gasteiger partial charge in [0.2, 0.25) is 5.91 Å². The molecule has 0 aliphatic carbocycles. The first-order chi connectivity index (χ1) is 16.2. The van der Waals surface area contributed by atoms with Crippen LogP contribution in [0.5, 0.6) is 0 Å². The van der Waals surface area contributed by atoms with E-state index < -0.39 is 0 Å². The van der Waals surface area contributed by atoms with Gasteiger partial charge in [-0.25, -0.2) is 14.2 Å². The van der Waals surface area contributed by atoms with E-state index in [0.29, 0.717) is 48.8 Å². The molecule has 1 N–H and O–H groups in total. The molecule has 2 atom stereocenters. The maximum absolute atomic E-state index is 14.7. The Morgan fingerprint density at radius 1 is 1.12 bits per heavy atom. The average Bonchev–Trinajstić information content (AvgIpc) is 3.11. The molecule has 0 saturated carbocycles. The van der Waals surface area contributed by atoms with Gasteiger partial charge in [-0.05, 0) is 24.6 Å². The van der Waals surface area contributed by atoms with Crippen LogP contribution in [0.4, 0.5) is 20.7 Å². The van der Waals surface area contributed by atoms with Gasteiger partial charge >= 0.3 is 6.03 Å². The molecule has 1 aromatic carbocycles. The standard InChI is InChI=1S/C25H29FN5O2P/c1-3-20(32)30-13-25(14-30)15-31(16-25)23(33)28-21-18(17-6-4-5-7-19(17)26)8-10-27-22(21)29-11-9-24(2,34)12-29/h3-8,10H,1,9,11-16,34H2,2H3,(H,28,33). The van der Waals surface area contributed by atoms with Gasteiger partial charge in [-0.3, -0.25) is 4.79 Å². The van der Waals surface area contributed by atoms with Gasteiger partial charge < -0.3 is 20.0 Å². The Kier molecular flexibility index (Phi) is 5.59. The van der Waals surface area contributed by atoms with Crippen LogP contribution in [0.3, 0.4) is 0 Å². The zero-order chi connectivity index (χ0) is 24.1. The SMILES string of the molecule is C=CC(=O)N1CC2(C1)CN(C(=O)Nc1c(-c3ccccc3F)ccnc1N1CCC(C)(P)C1)C2. The van der Waals surface area contributed by atoms with E-state index in [1.807, 2.05) is 0 Å². The number of amides is 3. The van der Waals surface area contributed by atoms with E-state index in [0.717, 1.165) is 19.5 Å². The van der Waals surface area contributed by atoms with Gasteiger partial charge in [-0.1, -0.05) is 31.7 Å². The second kappa shape index (κ2) is 8.35. The van der Waals surface area contributed by atoms with Gasteiger partial charge in [0.05, 0.1) is 5.69 Å². The minimum Gasteiger partial charge on any atom is -0.354 e. The molecule has 0 radical (unpaired) electrons. The van der Waals surface area contributed by atoms with Crippen LogP contribution in [0.1, 0.15) is 13.3 Å². The van der Waals surface area contributed by atoms with Gasteiger partial charge in [0.25, 0.3) is 0 Å². The van der Waals surface area contributed by atoms with E-state index in [4.69, 9.17) is 0 Å². The maximum Gasteiger partial charge on any atom is 0.322 e. The number of anilines is 2. The third-order valence-electron chi connectivity index (χ3n) is 7.01. The topological polar surface area (TPSA) is 68.8 Å². The predicted octanol–water partition coefficient (Wildman–Crippen LogP) is 3.59. The Balaban J connectivity index is 1.39. The quantitative estimate of drug-likeness (QED) is 0.535. The average molecular weight is 482 g/mol. The fourth-order valence-electron chi connectivity index (χ4n) is 5.22. The van der Waals surface area contributed by atoms with Crippen molar-refractivity contribution in [2.75, 3.05) is 49.5 Å². The molecular formula is C25H29FN5O2P. The number of nitrogens with one attached hydrogen (secondary N) is 1. The third kappa shape index (κ3) is 4.05. The Labute approximate surface area is 201 Å². The van der Waals surface area contributed by atoms with Crippen molar-refractivity contribution < 1.29 is 14.0 Å². The van der Waals surface area contributed by atoms with Crippen LogP contribution in [0.2, 0.25) is 0 Å². The molecule has 3 aliphatic heterocycles. The third-order valence-corrected chi connectivity index (χ3v) is 7.48. The van der Waals surface area contributed by atoms with Crippen molar-refractivity contribution in [2.45, 2.75) is 18.5 Å². The van der Waals surface area contributed by atoms with Crippen molar-refractivity contribution in [1.82, 2.24) is 14.8 Å². The second-order valence-corrected chi connectivity index (χ2v) is 11.4. The van der Waals surface area contributed by atoms with E-state index in [9.17, 15) is 14.0 Å². The van der Waals surface area contributed by atoms with E-state index in [-0.39, 0.29) is 28.3 Å². The summed E-state index contributed by atoms with van der Waals surface area (Å²) in [7, 11) is 2.90. The summed E-state index contributed by atoms with van der Waals surface area (Å²) >= 11 is 0. The molecular weight excluding hydrogens is 452 g/mol. The molecule has 4 heterocycles. The molecule has 2 aromatic rings. The second-order valence-electron chi connectivity index (χ2n) is 10.0. The zero-order valence-electron chi connectivity index (χ0n) is 19.3. The van der Waals surface area contributed by atoms with Crippen LogP contribution in [0.15, 0.2) is 49.2 Å². The summed E-state index contributed by atoms with van der Waals surface area (Å²) < 4.78 is 14.7. The molecule has 3 amide bonds. The smallest absolute Gasteiger partial charge is 0.322 e. The molecule has 178 valence electrons. The van der Waals surface area contributed by atoms with Crippen molar-refractivity contribution in [3.8, 4) is 11.1 Å². The number of hydrogen-bond donors (Lipinski definition) is 1. The summed E-state index contributed by atoms with van der Waals surface area (Å²) in [6, 6.07) is 8.08. The first-order valence-corrected chi connectivity index (χ1v) is 12.0. The molecule has 0 bridgehead atoms. The zero-order valence-corrected chi connectivity index (χ0v) is 20.4. The van der Waals surface area contributed by atoms with E-state index >= 15 is 0 Å².